The fourth-order valence-corrected chi connectivity index (χ4v) is 1.83. The number of nitrogens with one attached hydrogen (secondary N) is 1. The second kappa shape index (κ2) is 4.21. The van der Waals surface area contributed by atoms with E-state index in [2.05, 4.69) is 10.3 Å². The summed E-state index contributed by atoms with van der Waals surface area (Å²) in [6, 6.07) is -0.230. The first kappa shape index (κ1) is 11.1. The van der Waals surface area contributed by atoms with Crippen molar-refractivity contribution >= 4 is 23.1 Å². The minimum atomic E-state index is -0.306. The third-order valence-electron chi connectivity index (χ3n) is 2.64. The Bertz CT molecular complexity index is 425. The van der Waals surface area contributed by atoms with Crippen molar-refractivity contribution in [1.29, 1.82) is 0 Å². The highest BCUT2D eigenvalue weighted by molar-refractivity contribution is 7.80. The molecule has 1 aliphatic rings. The molecule has 1 fully saturated rings. The Morgan fingerprint density at radius 1 is 1.75 bits per heavy atom. The number of aryl methyl sites for hydroxylation is 1. The largest absolute Gasteiger partial charge is 0.438 e. The first-order valence-corrected chi connectivity index (χ1v) is 5.50. The molecule has 1 atom stereocenters. The molecule has 0 aromatic carbocycles. The molecule has 6 heteroatoms. The van der Waals surface area contributed by atoms with Gasteiger partial charge in [-0.2, -0.15) is 0 Å². The topological polar surface area (TPSA) is 81.2 Å². The molecule has 86 valence electrons. The van der Waals surface area contributed by atoms with Gasteiger partial charge in [0.05, 0.1) is 16.7 Å². The Morgan fingerprint density at radius 2 is 2.44 bits per heavy atom. The van der Waals surface area contributed by atoms with Gasteiger partial charge in [0.25, 0.3) is 5.91 Å². The maximum atomic E-state index is 11.8. The van der Waals surface area contributed by atoms with E-state index in [1.54, 1.807) is 6.92 Å². The molecule has 0 spiro atoms. The Balaban J connectivity index is 2.06. The van der Waals surface area contributed by atoms with Crippen LogP contribution >= 0.6 is 12.2 Å². The highest BCUT2D eigenvalue weighted by Gasteiger charge is 2.35. The van der Waals surface area contributed by atoms with E-state index in [0.717, 1.165) is 12.8 Å². The van der Waals surface area contributed by atoms with E-state index >= 15 is 0 Å². The van der Waals surface area contributed by atoms with Crippen molar-refractivity contribution in [2.75, 3.05) is 0 Å². The van der Waals surface area contributed by atoms with Crippen molar-refractivity contribution in [3.05, 3.63) is 17.8 Å². The predicted octanol–water partition coefficient (Wildman–Crippen LogP) is 0.778. The van der Waals surface area contributed by atoms with Gasteiger partial charge in [-0.25, -0.2) is 4.98 Å². The SMILES string of the molecule is Cc1ncoc1C(=O)NC(C(N)=S)C1CC1. The Kier molecular flexibility index (Phi) is 2.91. The fourth-order valence-electron chi connectivity index (χ4n) is 1.58. The summed E-state index contributed by atoms with van der Waals surface area (Å²) in [6.45, 7) is 1.71. The quantitative estimate of drug-likeness (QED) is 0.759. The van der Waals surface area contributed by atoms with Crippen LogP contribution in [0.5, 0.6) is 0 Å². The predicted molar refractivity (Wildman–Crippen MR) is 62.0 cm³/mol. The number of hydrogen-bond donors (Lipinski definition) is 2. The van der Waals surface area contributed by atoms with Gasteiger partial charge in [0.2, 0.25) is 5.76 Å². The highest BCUT2D eigenvalue weighted by atomic mass is 32.1. The maximum Gasteiger partial charge on any atom is 0.289 e. The zero-order valence-electron chi connectivity index (χ0n) is 8.90. The number of thiocarbonyl (C=S) groups is 1. The third kappa shape index (κ3) is 2.21. The van der Waals surface area contributed by atoms with E-state index in [-0.39, 0.29) is 17.7 Å². The van der Waals surface area contributed by atoms with Crippen molar-refractivity contribution in [3.8, 4) is 0 Å². The van der Waals surface area contributed by atoms with Gasteiger partial charge >= 0.3 is 0 Å². The van der Waals surface area contributed by atoms with E-state index < -0.39 is 0 Å². The number of aromatic nitrogens is 1. The summed E-state index contributed by atoms with van der Waals surface area (Å²) in [6.07, 6.45) is 3.35. The van der Waals surface area contributed by atoms with Crippen LogP contribution in [0.2, 0.25) is 0 Å². The average molecular weight is 239 g/mol. The average Bonchev–Trinajstić information content (AvgIpc) is 2.96. The number of oxazole rings is 1. The van der Waals surface area contributed by atoms with Gasteiger partial charge in [-0.3, -0.25) is 4.79 Å². The molecule has 1 aromatic heterocycles. The molecule has 16 heavy (non-hydrogen) atoms. The van der Waals surface area contributed by atoms with Crippen molar-refractivity contribution in [1.82, 2.24) is 10.3 Å². The number of amides is 1. The van der Waals surface area contributed by atoms with Crippen LogP contribution in [-0.2, 0) is 0 Å². The third-order valence-corrected chi connectivity index (χ3v) is 2.89. The fraction of sp³-hybridized carbons (Fsp3) is 0.500. The van der Waals surface area contributed by atoms with Crippen molar-refractivity contribution < 1.29 is 9.21 Å². The van der Waals surface area contributed by atoms with E-state index in [1.165, 1.54) is 6.39 Å². The number of hydrogen-bond acceptors (Lipinski definition) is 4. The van der Waals surface area contributed by atoms with Gasteiger partial charge < -0.3 is 15.5 Å². The van der Waals surface area contributed by atoms with Crippen LogP contribution in [0.1, 0.15) is 29.1 Å². The molecular weight excluding hydrogens is 226 g/mol. The van der Waals surface area contributed by atoms with E-state index in [0.29, 0.717) is 16.6 Å². The second-order valence-corrected chi connectivity index (χ2v) is 4.43. The van der Waals surface area contributed by atoms with Gasteiger partial charge in [-0.05, 0) is 25.7 Å². The highest BCUT2D eigenvalue weighted by Crippen LogP contribution is 2.32. The van der Waals surface area contributed by atoms with E-state index in [9.17, 15) is 4.79 Å². The van der Waals surface area contributed by atoms with Crippen LogP contribution in [0, 0.1) is 12.8 Å². The Labute approximate surface area is 98.4 Å². The van der Waals surface area contributed by atoms with Crippen LogP contribution in [0.4, 0.5) is 0 Å². The second-order valence-electron chi connectivity index (χ2n) is 3.96. The van der Waals surface area contributed by atoms with Gasteiger partial charge in [-0.15, -0.1) is 0 Å². The molecule has 1 saturated carbocycles. The number of rotatable bonds is 4. The Morgan fingerprint density at radius 3 is 2.88 bits per heavy atom. The zero-order chi connectivity index (χ0) is 11.7. The smallest absolute Gasteiger partial charge is 0.289 e. The lowest BCUT2D eigenvalue weighted by atomic mass is 10.2. The lowest BCUT2D eigenvalue weighted by molar-refractivity contribution is 0.0915. The number of nitrogens with two attached hydrogens (primary N) is 1. The Hall–Kier alpha value is -1.43. The number of carbonyl (C=O) groups excluding carboxylic acids is 1. The zero-order valence-corrected chi connectivity index (χ0v) is 9.71. The summed E-state index contributed by atoms with van der Waals surface area (Å²) in [7, 11) is 0. The lowest BCUT2D eigenvalue weighted by Gasteiger charge is -2.15. The summed E-state index contributed by atoms with van der Waals surface area (Å²) in [5.74, 6) is 0.297. The van der Waals surface area contributed by atoms with Crippen LogP contribution in [-0.4, -0.2) is 21.9 Å². The summed E-state index contributed by atoms with van der Waals surface area (Å²) < 4.78 is 5.00. The van der Waals surface area contributed by atoms with E-state index in [1.807, 2.05) is 0 Å². The molecule has 0 aliphatic heterocycles. The van der Waals surface area contributed by atoms with Crippen LogP contribution in [0.25, 0.3) is 0 Å². The molecule has 0 saturated heterocycles. The van der Waals surface area contributed by atoms with Gasteiger partial charge in [-0.1, -0.05) is 12.2 Å². The first-order chi connectivity index (χ1) is 7.59. The molecule has 1 aliphatic carbocycles. The monoisotopic (exact) mass is 239 g/mol. The molecule has 1 aromatic rings. The van der Waals surface area contributed by atoms with Gasteiger partial charge in [0, 0.05) is 0 Å². The van der Waals surface area contributed by atoms with Gasteiger partial charge in [0.1, 0.15) is 0 Å². The summed E-state index contributed by atoms with van der Waals surface area (Å²) >= 11 is 4.93. The summed E-state index contributed by atoms with van der Waals surface area (Å²) in [5.41, 5.74) is 6.15. The molecule has 1 amide bonds. The summed E-state index contributed by atoms with van der Waals surface area (Å²) in [4.78, 5) is 16.0. The van der Waals surface area contributed by atoms with Crippen LogP contribution in [0.3, 0.4) is 0 Å². The molecule has 0 bridgehead atoms. The number of nitrogens with zero attached hydrogens (tertiary/aromatic N) is 1. The minimum absolute atomic E-state index is 0.224. The van der Waals surface area contributed by atoms with E-state index in [4.69, 9.17) is 22.4 Å². The minimum Gasteiger partial charge on any atom is -0.438 e. The molecule has 0 radical (unpaired) electrons. The van der Waals surface area contributed by atoms with Crippen molar-refractivity contribution in [2.45, 2.75) is 25.8 Å². The first-order valence-electron chi connectivity index (χ1n) is 5.10. The molecule has 1 unspecified atom stereocenters. The molecule has 3 N–H and O–H groups in total. The normalized spacial score (nSPS) is 16.8. The number of carbonyl (C=O) groups is 1. The van der Waals surface area contributed by atoms with Crippen LogP contribution < -0.4 is 11.1 Å². The van der Waals surface area contributed by atoms with Crippen molar-refractivity contribution in [3.63, 3.8) is 0 Å². The van der Waals surface area contributed by atoms with Gasteiger partial charge in [0.15, 0.2) is 6.39 Å². The van der Waals surface area contributed by atoms with Crippen molar-refractivity contribution in [2.24, 2.45) is 11.7 Å². The lowest BCUT2D eigenvalue weighted by Crippen LogP contribution is -2.45. The molecule has 1 heterocycles. The standard InChI is InChI=1S/C10H13N3O2S/c1-5-8(15-4-12-5)10(14)13-7(9(11)16)6-2-3-6/h4,6-7H,2-3H2,1H3,(H2,11,16)(H,13,14). The molecular formula is C10H13N3O2S. The molecule has 2 rings (SSSR count). The van der Waals surface area contributed by atoms with Crippen LogP contribution in [0.15, 0.2) is 10.8 Å². The summed E-state index contributed by atoms with van der Waals surface area (Å²) in [5, 5.41) is 2.78. The maximum absolute atomic E-state index is 11.8. The molecule has 5 nitrogen and oxygen atoms in total.